The van der Waals surface area contributed by atoms with Gasteiger partial charge in [0.15, 0.2) is 17.5 Å². The van der Waals surface area contributed by atoms with Crippen LogP contribution in [0.1, 0.15) is 0 Å². The minimum absolute atomic E-state index is 0.592. The van der Waals surface area contributed by atoms with Crippen molar-refractivity contribution in [2.75, 3.05) is 0 Å². The molecule has 8 bridgehead atoms. The normalized spacial score (nSPS) is 12.0. The summed E-state index contributed by atoms with van der Waals surface area (Å²) in [6, 6.07) is 28.5. The van der Waals surface area contributed by atoms with E-state index in [1.54, 1.807) is 12.4 Å². The lowest BCUT2D eigenvalue weighted by atomic mass is 10.1. The van der Waals surface area contributed by atoms with E-state index in [1.165, 1.54) is 0 Å². The van der Waals surface area contributed by atoms with Crippen LogP contribution in [0.4, 0.5) is 0 Å². The third-order valence-corrected chi connectivity index (χ3v) is 7.52. The van der Waals surface area contributed by atoms with Gasteiger partial charge in [-0.15, -0.1) is 0 Å². The maximum Gasteiger partial charge on any atom is 0.164 e. The summed E-state index contributed by atoms with van der Waals surface area (Å²) in [5.41, 5.74) is 7.66. The summed E-state index contributed by atoms with van der Waals surface area (Å²) in [4.78, 5) is 36.3. The van der Waals surface area contributed by atoms with Crippen LogP contribution < -0.4 is 0 Å². The van der Waals surface area contributed by atoms with Gasteiger partial charge in [-0.1, -0.05) is 72.8 Å². The van der Waals surface area contributed by atoms with Crippen molar-refractivity contribution in [3.8, 4) is 45.4 Å². The number of nitrogens with one attached hydrogen (secondary N) is 2. The molecule has 0 amide bonds. The summed E-state index contributed by atoms with van der Waals surface area (Å²) < 4.78 is 0. The molecule has 2 aliphatic heterocycles. The minimum atomic E-state index is 0.592. The summed E-state index contributed by atoms with van der Waals surface area (Å²) in [6.07, 6.45) is 3.56. The van der Waals surface area contributed by atoms with E-state index in [-0.39, 0.29) is 0 Å². The van der Waals surface area contributed by atoms with Gasteiger partial charge in [0.05, 0.1) is 5.69 Å². The number of aromatic amines is 2. The molecule has 0 spiro atoms. The van der Waals surface area contributed by atoms with Crippen LogP contribution in [0.3, 0.4) is 0 Å². The van der Waals surface area contributed by atoms with E-state index in [4.69, 9.17) is 24.9 Å². The maximum atomic E-state index is 5.05. The number of H-pyrrole nitrogens is 2. The summed E-state index contributed by atoms with van der Waals surface area (Å²) in [7, 11) is 0. The molecule has 8 nitrogen and oxygen atoms in total. The molecule has 8 heteroatoms. The zero-order valence-corrected chi connectivity index (χ0v) is 20.9. The van der Waals surface area contributed by atoms with Crippen LogP contribution in [0.15, 0.2) is 97.3 Å². The van der Waals surface area contributed by atoms with E-state index in [0.717, 1.165) is 60.7 Å². The number of pyridine rings is 1. The van der Waals surface area contributed by atoms with Gasteiger partial charge in [-0.2, -0.15) is 0 Å². The van der Waals surface area contributed by atoms with Crippen LogP contribution in [0, 0.1) is 0 Å². The molecular formula is C32H18N8. The van der Waals surface area contributed by atoms with Crippen molar-refractivity contribution in [1.82, 2.24) is 39.9 Å². The highest BCUT2D eigenvalue weighted by Crippen LogP contribution is 2.37. The number of benzene rings is 3. The average molecular weight is 515 g/mol. The van der Waals surface area contributed by atoms with Gasteiger partial charge in [0.25, 0.3) is 0 Å². The van der Waals surface area contributed by atoms with Gasteiger partial charge in [0.1, 0.15) is 16.9 Å². The summed E-state index contributed by atoms with van der Waals surface area (Å²) in [6.45, 7) is 0. The molecule has 2 aliphatic rings. The van der Waals surface area contributed by atoms with Crippen molar-refractivity contribution in [1.29, 1.82) is 0 Å². The van der Waals surface area contributed by atoms with Gasteiger partial charge in [-0.25, -0.2) is 24.9 Å². The number of rotatable bonds is 0. The molecule has 0 radical (unpaired) electrons. The van der Waals surface area contributed by atoms with E-state index in [9.17, 15) is 0 Å². The van der Waals surface area contributed by atoms with Crippen molar-refractivity contribution in [3.05, 3.63) is 97.3 Å². The van der Waals surface area contributed by atoms with Gasteiger partial charge >= 0.3 is 0 Å². The van der Waals surface area contributed by atoms with Crippen LogP contribution >= 0.6 is 0 Å². The lowest BCUT2D eigenvalue weighted by Crippen LogP contribution is -1.82. The molecule has 0 atom stereocenters. The summed E-state index contributed by atoms with van der Waals surface area (Å²) in [5.74, 6) is 1.84. The number of aromatic nitrogens is 8. The molecule has 0 aliphatic carbocycles. The van der Waals surface area contributed by atoms with Crippen molar-refractivity contribution in [3.63, 3.8) is 0 Å². The average Bonchev–Trinajstić information content (AvgIpc) is 3.73. The van der Waals surface area contributed by atoms with Gasteiger partial charge in [0, 0.05) is 61.7 Å². The fourth-order valence-electron chi connectivity index (χ4n) is 5.65. The fraction of sp³-hybridized carbons (Fsp3) is 0. The molecule has 3 aromatic carbocycles. The zero-order valence-electron chi connectivity index (χ0n) is 20.9. The lowest BCUT2D eigenvalue weighted by molar-refractivity contribution is 1.21. The first kappa shape index (κ1) is 21.2. The first-order valence-corrected chi connectivity index (χ1v) is 13.0. The van der Waals surface area contributed by atoms with Crippen LogP contribution in [0.5, 0.6) is 0 Å². The van der Waals surface area contributed by atoms with E-state index in [1.807, 2.05) is 54.6 Å². The topological polar surface area (TPSA) is 109 Å². The van der Waals surface area contributed by atoms with Crippen molar-refractivity contribution >= 4 is 44.0 Å². The first-order chi connectivity index (χ1) is 19.8. The highest BCUT2D eigenvalue weighted by molar-refractivity contribution is 6.07. The minimum Gasteiger partial charge on any atom is -0.339 e. The Morgan fingerprint density at radius 3 is 1.75 bits per heavy atom. The molecule has 9 rings (SSSR count). The van der Waals surface area contributed by atoms with E-state index >= 15 is 0 Å². The van der Waals surface area contributed by atoms with E-state index in [0.29, 0.717) is 28.8 Å². The number of hydrogen-bond donors (Lipinski definition) is 2. The SMILES string of the molecule is c1ccc2c(c1)-c1cc3[nH]c(nc4nc(nc5[nH]c(nc-2n1)c1cnccc51)-c1ccccc1-4)c1ccccc31. The molecule has 2 N–H and O–H groups in total. The molecule has 0 fully saturated rings. The second-order valence-corrected chi connectivity index (χ2v) is 9.83. The molecule has 0 saturated carbocycles. The second kappa shape index (κ2) is 7.87. The lowest BCUT2D eigenvalue weighted by Gasteiger charge is -1.96. The Morgan fingerprint density at radius 1 is 0.450 bits per heavy atom. The van der Waals surface area contributed by atoms with Crippen molar-refractivity contribution < 1.29 is 0 Å². The van der Waals surface area contributed by atoms with E-state index < -0.39 is 0 Å². The smallest absolute Gasteiger partial charge is 0.164 e. The number of fused-ring (bicyclic) bond motifs is 20. The molecular weight excluding hydrogens is 496 g/mol. The largest absolute Gasteiger partial charge is 0.339 e. The van der Waals surface area contributed by atoms with Gasteiger partial charge in [-0.05, 0) is 12.1 Å². The Balaban J connectivity index is 1.51. The standard InChI is InChI=1S/C32H18N8/c1-3-9-19-17(7-1)25-15-26-18-8-2-4-10-20(18)28(35-26)37-32-24-16-33-14-13-23(24)31(40-32)39-30-22-12-6-5-11-21(22)29(38-30)36-27(19)34-25/h1-16H,(H2,34,35,36,37,38,39,40). The predicted octanol–water partition coefficient (Wildman–Crippen LogP) is 6.87. The molecule has 7 aromatic rings. The van der Waals surface area contributed by atoms with E-state index in [2.05, 4.69) is 45.3 Å². The van der Waals surface area contributed by atoms with Crippen LogP contribution in [-0.2, 0) is 0 Å². The second-order valence-electron chi connectivity index (χ2n) is 9.83. The first-order valence-electron chi connectivity index (χ1n) is 13.0. The number of hydrogen-bond acceptors (Lipinski definition) is 6. The molecule has 0 unspecified atom stereocenters. The molecule has 0 saturated heterocycles. The third-order valence-electron chi connectivity index (χ3n) is 7.52. The highest BCUT2D eigenvalue weighted by Gasteiger charge is 2.21. The van der Waals surface area contributed by atoms with Crippen molar-refractivity contribution in [2.24, 2.45) is 0 Å². The Morgan fingerprint density at radius 2 is 1.00 bits per heavy atom. The molecule has 186 valence electrons. The zero-order chi connectivity index (χ0) is 26.2. The van der Waals surface area contributed by atoms with Gasteiger partial charge < -0.3 is 9.97 Å². The molecule has 4 aromatic heterocycles. The van der Waals surface area contributed by atoms with Gasteiger partial charge in [-0.3, -0.25) is 4.98 Å². The monoisotopic (exact) mass is 514 g/mol. The van der Waals surface area contributed by atoms with Gasteiger partial charge in [0.2, 0.25) is 0 Å². The maximum absolute atomic E-state index is 5.05. The number of nitrogens with zero attached hydrogens (tertiary/aromatic N) is 6. The summed E-state index contributed by atoms with van der Waals surface area (Å²) in [5, 5.41) is 3.84. The quantitative estimate of drug-likeness (QED) is 0.229. The Labute approximate surface area is 226 Å². The predicted molar refractivity (Wildman–Crippen MR) is 156 cm³/mol. The highest BCUT2D eigenvalue weighted by atomic mass is 15.0. The Hall–Kier alpha value is -5.76. The van der Waals surface area contributed by atoms with Crippen LogP contribution in [0.2, 0.25) is 0 Å². The fourth-order valence-corrected chi connectivity index (χ4v) is 5.65. The van der Waals surface area contributed by atoms with Crippen molar-refractivity contribution in [2.45, 2.75) is 0 Å². The Bertz CT molecular complexity index is 2030. The molecule has 40 heavy (non-hydrogen) atoms. The summed E-state index contributed by atoms with van der Waals surface area (Å²) >= 11 is 0. The third kappa shape index (κ3) is 3.01. The molecule has 6 heterocycles. The Kier molecular flexibility index (Phi) is 4.17. The van der Waals surface area contributed by atoms with Crippen LogP contribution in [0.25, 0.3) is 89.4 Å². The van der Waals surface area contributed by atoms with Crippen LogP contribution in [-0.4, -0.2) is 39.9 Å².